The second-order valence-electron chi connectivity index (χ2n) is 3.29. The van der Waals surface area contributed by atoms with Crippen molar-refractivity contribution < 1.29 is 4.79 Å². The fraction of sp³-hybridized carbons (Fsp3) is 0.900. The molecule has 4 nitrogen and oxygen atoms in total. The van der Waals surface area contributed by atoms with E-state index in [1.165, 1.54) is 0 Å². The average molecular weight is 233 g/mol. The Morgan fingerprint density at radius 3 is 2.33 bits per heavy atom. The van der Waals surface area contributed by atoms with Gasteiger partial charge in [-0.05, 0) is 25.3 Å². The molecule has 0 rings (SSSR count). The third kappa shape index (κ3) is 8.57. The molecule has 0 aliphatic carbocycles. The molecule has 0 aliphatic heterocycles. The van der Waals surface area contributed by atoms with Crippen LogP contribution in [0.25, 0.3) is 0 Å². The van der Waals surface area contributed by atoms with Crippen molar-refractivity contribution in [2.24, 2.45) is 0 Å². The lowest BCUT2D eigenvalue weighted by atomic mass is 10.4. The minimum absolute atomic E-state index is 0.0797. The van der Waals surface area contributed by atoms with Crippen LogP contribution < -0.4 is 10.6 Å². The number of rotatable bonds is 8. The Bertz CT molecular complexity index is 163. The highest BCUT2D eigenvalue weighted by Gasteiger charge is 2.00. The molecule has 2 N–H and O–H groups in total. The molecule has 0 aromatic carbocycles. The zero-order valence-corrected chi connectivity index (χ0v) is 10.6. The van der Waals surface area contributed by atoms with E-state index in [1.807, 2.05) is 0 Å². The molecule has 0 spiro atoms. The molecule has 2 amide bonds. The van der Waals surface area contributed by atoms with Crippen molar-refractivity contribution in [3.63, 3.8) is 0 Å². The van der Waals surface area contributed by atoms with Gasteiger partial charge in [0.1, 0.15) is 0 Å². The zero-order valence-electron chi connectivity index (χ0n) is 9.75. The summed E-state index contributed by atoms with van der Waals surface area (Å²) in [5.74, 6) is 0.805. The van der Waals surface area contributed by atoms with Gasteiger partial charge in [-0.2, -0.15) is 12.6 Å². The number of hydrogen-bond donors (Lipinski definition) is 3. The quantitative estimate of drug-likeness (QED) is 0.432. The molecule has 0 atom stereocenters. The molecule has 90 valence electrons. The van der Waals surface area contributed by atoms with E-state index in [-0.39, 0.29) is 6.03 Å². The van der Waals surface area contributed by atoms with Gasteiger partial charge in [0.25, 0.3) is 0 Å². The van der Waals surface area contributed by atoms with Crippen LogP contribution in [0.4, 0.5) is 4.79 Å². The molecule has 0 unspecified atom stereocenters. The summed E-state index contributed by atoms with van der Waals surface area (Å²) < 4.78 is 0. The fourth-order valence-corrected chi connectivity index (χ4v) is 1.37. The summed E-state index contributed by atoms with van der Waals surface area (Å²) >= 11 is 4.07. The van der Waals surface area contributed by atoms with E-state index in [4.69, 9.17) is 0 Å². The normalized spacial score (nSPS) is 10.4. The Morgan fingerprint density at radius 2 is 1.80 bits per heavy atom. The SMILES string of the molecule is CCN(CC)CCNC(=O)NCCCS. The summed E-state index contributed by atoms with van der Waals surface area (Å²) in [6.45, 7) is 8.60. The molecule has 0 aliphatic rings. The second kappa shape index (κ2) is 10.1. The number of nitrogens with one attached hydrogen (secondary N) is 2. The van der Waals surface area contributed by atoms with Crippen LogP contribution in [0.3, 0.4) is 0 Å². The number of thiol groups is 1. The van der Waals surface area contributed by atoms with Crippen molar-refractivity contribution in [2.45, 2.75) is 20.3 Å². The minimum Gasteiger partial charge on any atom is -0.338 e. The number of amides is 2. The zero-order chi connectivity index (χ0) is 11.5. The molecular formula is C10H23N3OS. The Labute approximate surface area is 98.2 Å². The van der Waals surface area contributed by atoms with Crippen molar-refractivity contribution in [3.8, 4) is 0 Å². The van der Waals surface area contributed by atoms with Crippen molar-refractivity contribution in [3.05, 3.63) is 0 Å². The first-order chi connectivity index (χ1) is 7.24. The summed E-state index contributed by atoms with van der Waals surface area (Å²) in [5, 5.41) is 5.60. The van der Waals surface area contributed by atoms with E-state index in [0.717, 1.165) is 31.8 Å². The predicted molar refractivity (Wildman–Crippen MR) is 67.7 cm³/mol. The van der Waals surface area contributed by atoms with E-state index in [9.17, 15) is 4.79 Å². The van der Waals surface area contributed by atoms with Crippen LogP contribution in [0, 0.1) is 0 Å². The molecule has 0 radical (unpaired) electrons. The van der Waals surface area contributed by atoms with Gasteiger partial charge in [-0.3, -0.25) is 0 Å². The number of likely N-dealkylation sites (N-methyl/N-ethyl adjacent to an activating group) is 1. The van der Waals surface area contributed by atoms with Gasteiger partial charge in [0.2, 0.25) is 0 Å². The Hall–Kier alpha value is -0.420. The van der Waals surface area contributed by atoms with Crippen LogP contribution in [-0.4, -0.2) is 49.4 Å². The van der Waals surface area contributed by atoms with Crippen LogP contribution >= 0.6 is 12.6 Å². The minimum atomic E-state index is -0.0797. The lowest BCUT2D eigenvalue weighted by molar-refractivity contribution is 0.237. The Kier molecular flexibility index (Phi) is 9.83. The summed E-state index contributed by atoms with van der Waals surface area (Å²) in [5.41, 5.74) is 0. The maximum absolute atomic E-state index is 11.2. The van der Waals surface area contributed by atoms with Gasteiger partial charge in [-0.1, -0.05) is 13.8 Å². The van der Waals surface area contributed by atoms with E-state index >= 15 is 0 Å². The molecular weight excluding hydrogens is 210 g/mol. The average Bonchev–Trinajstić information content (AvgIpc) is 2.25. The molecule has 0 saturated heterocycles. The first kappa shape index (κ1) is 14.6. The highest BCUT2D eigenvalue weighted by atomic mass is 32.1. The van der Waals surface area contributed by atoms with Gasteiger partial charge in [-0.15, -0.1) is 0 Å². The van der Waals surface area contributed by atoms with E-state index in [0.29, 0.717) is 13.1 Å². The number of hydrogen-bond acceptors (Lipinski definition) is 3. The van der Waals surface area contributed by atoms with E-state index < -0.39 is 0 Å². The molecule has 0 aromatic heterocycles. The van der Waals surface area contributed by atoms with Crippen LogP contribution in [-0.2, 0) is 0 Å². The predicted octanol–water partition coefficient (Wildman–Crippen LogP) is 0.947. The standard InChI is InChI=1S/C10H23N3OS/c1-3-13(4-2)8-7-12-10(14)11-6-5-9-15/h15H,3-9H2,1-2H3,(H2,11,12,14). The van der Waals surface area contributed by atoms with Crippen molar-refractivity contribution in [1.82, 2.24) is 15.5 Å². The summed E-state index contributed by atoms with van der Waals surface area (Å²) in [4.78, 5) is 13.5. The molecule has 0 bridgehead atoms. The number of nitrogens with zero attached hydrogens (tertiary/aromatic N) is 1. The van der Waals surface area contributed by atoms with E-state index in [1.54, 1.807) is 0 Å². The van der Waals surface area contributed by atoms with Gasteiger partial charge < -0.3 is 15.5 Å². The number of urea groups is 1. The van der Waals surface area contributed by atoms with Crippen LogP contribution in [0.15, 0.2) is 0 Å². The summed E-state index contributed by atoms with van der Waals surface area (Å²) in [6, 6.07) is -0.0797. The Balaban J connectivity index is 3.37. The van der Waals surface area contributed by atoms with Gasteiger partial charge in [-0.25, -0.2) is 4.79 Å². The summed E-state index contributed by atoms with van der Waals surface area (Å²) in [7, 11) is 0. The molecule has 0 heterocycles. The molecule has 15 heavy (non-hydrogen) atoms. The van der Waals surface area contributed by atoms with E-state index in [2.05, 4.69) is 42.0 Å². The summed E-state index contributed by atoms with van der Waals surface area (Å²) in [6.07, 6.45) is 0.909. The monoisotopic (exact) mass is 233 g/mol. The highest BCUT2D eigenvalue weighted by molar-refractivity contribution is 7.80. The topological polar surface area (TPSA) is 44.4 Å². The van der Waals surface area contributed by atoms with Gasteiger partial charge in [0, 0.05) is 19.6 Å². The maximum Gasteiger partial charge on any atom is 0.314 e. The fourth-order valence-electron chi connectivity index (χ4n) is 1.21. The van der Waals surface area contributed by atoms with Crippen molar-refractivity contribution in [1.29, 1.82) is 0 Å². The van der Waals surface area contributed by atoms with Gasteiger partial charge in [0.15, 0.2) is 0 Å². The third-order valence-corrected chi connectivity index (χ3v) is 2.54. The third-order valence-electron chi connectivity index (χ3n) is 2.23. The van der Waals surface area contributed by atoms with Crippen LogP contribution in [0.2, 0.25) is 0 Å². The first-order valence-electron chi connectivity index (χ1n) is 5.59. The lowest BCUT2D eigenvalue weighted by Crippen LogP contribution is -2.40. The lowest BCUT2D eigenvalue weighted by Gasteiger charge is -2.18. The van der Waals surface area contributed by atoms with Crippen molar-refractivity contribution in [2.75, 3.05) is 38.5 Å². The van der Waals surface area contributed by atoms with Crippen molar-refractivity contribution >= 4 is 18.7 Å². The van der Waals surface area contributed by atoms with Crippen LogP contribution in [0.5, 0.6) is 0 Å². The molecule has 5 heteroatoms. The molecule has 0 saturated carbocycles. The van der Waals surface area contributed by atoms with Gasteiger partial charge >= 0.3 is 6.03 Å². The second-order valence-corrected chi connectivity index (χ2v) is 3.73. The van der Waals surface area contributed by atoms with Gasteiger partial charge in [0.05, 0.1) is 0 Å². The molecule has 0 fully saturated rings. The molecule has 0 aromatic rings. The maximum atomic E-state index is 11.2. The highest BCUT2D eigenvalue weighted by Crippen LogP contribution is 1.84. The largest absolute Gasteiger partial charge is 0.338 e. The first-order valence-corrected chi connectivity index (χ1v) is 6.22. The number of carbonyl (C=O) groups excluding carboxylic acids is 1. The Morgan fingerprint density at radius 1 is 1.20 bits per heavy atom. The smallest absolute Gasteiger partial charge is 0.314 e. The number of carbonyl (C=O) groups is 1. The van der Waals surface area contributed by atoms with Crippen LogP contribution in [0.1, 0.15) is 20.3 Å².